The third-order valence-electron chi connectivity index (χ3n) is 3.37. The van der Waals surface area contributed by atoms with E-state index in [0.717, 1.165) is 17.0 Å². The summed E-state index contributed by atoms with van der Waals surface area (Å²) in [6, 6.07) is 0. The van der Waals surface area contributed by atoms with Gasteiger partial charge in [0.05, 0.1) is 0 Å². The summed E-state index contributed by atoms with van der Waals surface area (Å²) in [7, 11) is 0.187. The molecule has 1 heteroatoms. The maximum absolute atomic E-state index is 3.96. The van der Waals surface area contributed by atoms with Crippen LogP contribution in [0, 0.1) is 0 Å². The van der Waals surface area contributed by atoms with Crippen molar-refractivity contribution >= 4 is 7.92 Å². The van der Waals surface area contributed by atoms with Crippen LogP contribution in [0.1, 0.15) is 26.7 Å². The molecular weight excluding hydrogens is 187 g/mol. The molecule has 0 aromatic heterocycles. The Labute approximate surface area is 88.5 Å². The van der Waals surface area contributed by atoms with E-state index in [9.17, 15) is 0 Å². The molecule has 0 nitrogen and oxygen atoms in total. The second-order valence-electron chi connectivity index (χ2n) is 4.50. The van der Waals surface area contributed by atoms with Crippen molar-refractivity contribution in [3.8, 4) is 0 Å². The first kappa shape index (κ1) is 10.2. The lowest BCUT2D eigenvalue weighted by molar-refractivity contribution is 0.726. The lowest BCUT2D eigenvalue weighted by Crippen LogP contribution is -2.32. The van der Waals surface area contributed by atoms with Crippen molar-refractivity contribution in [2.24, 2.45) is 0 Å². The molecule has 0 aromatic carbocycles. The van der Waals surface area contributed by atoms with Gasteiger partial charge in [0.1, 0.15) is 0 Å². The molecule has 0 amide bonds. The van der Waals surface area contributed by atoms with Gasteiger partial charge in [-0.2, -0.15) is 0 Å². The van der Waals surface area contributed by atoms with Gasteiger partial charge in [0.2, 0.25) is 0 Å². The Morgan fingerprint density at radius 1 is 1.57 bits per heavy atom. The summed E-state index contributed by atoms with van der Waals surface area (Å²) < 4.78 is 0. The highest BCUT2D eigenvalue weighted by molar-refractivity contribution is 7.62. The maximum atomic E-state index is 3.96. The zero-order chi connectivity index (χ0) is 10.1. The molecule has 0 saturated carbocycles. The molecule has 4 atom stereocenters. The summed E-state index contributed by atoms with van der Waals surface area (Å²) in [5, 5.41) is 0. The van der Waals surface area contributed by atoms with Gasteiger partial charge in [-0.15, -0.1) is 6.58 Å². The van der Waals surface area contributed by atoms with Crippen LogP contribution in [-0.4, -0.2) is 17.0 Å². The van der Waals surface area contributed by atoms with Crippen molar-refractivity contribution in [3.63, 3.8) is 0 Å². The predicted octanol–water partition coefficient (Wildman–Crippen LogP) is 4.09. The average molecular weight is 206 g/mol. The van der Waals surface area contributed by atoms with Crippen LogP contribution in [0.2, 0.25) is 0 Å². The van der Waals surface area contributed by atoms with Gasteiger partial charge in [0.15, 0.2) is 0 Å². The minimum atomic E-state index is 0.187. The molecule has 1 saturated heterocycles. The molecule has 1 heterocycles. The first-order chi connectivity index (χ1) is 6.72. The molecule has 1 aliphatic heterocycles. The van der Waals surface area contributed by atoms with E-state index in [1.54, 1.807) is 5.57 Å². The Balaban J connectivity index is 2.05. The molecule has 0 bridgehead atoms. The Bertz CT molecular complexity index is 288. The standard InChI is InChI=1S/C13H19P/c1-4-12-9-11(3)14(12)13-7-5-6-10(2)8-13/h4-7,11-13H,1,8-9H2,2-3H3/t11-,12-,13+,14?/m0/s1. The molecule has 0 radical (unpaired) electrons. The van der Waals surface area contributed by atoms with E-state index in [4.69, 9.17) is 0 Å². The number of rotatable bonds is 2. The smallest absolute Gasteiger partial charge is 0.00184 e. The third kappa shape index (κ3) is 1.73. The van der Waals surface area contributed by atoms with Gasteiger partial charge < -0.3 is 0 Å². The fraction of sp³-hybridized carbons (Fsp3) is 0.538. The Kier molecular flexibility index (Phi) is 2.93. The van der Waals surface area contributed by atoms with Gasteiger partial charge in [-0.1, -0.05) is 44.7 Å². The number of hydrogen-bond acceptors (Lipinski definition) is 0. The minimum absolute atomic E-state index is 0.187. The fourth-order valence-corrected chi connectivity index (χ4v) is 6.07. The first-order valence-corrected chi connectivity index (χ1v) is 7.01. The van der Waals surface area contributed by atoms with Crippen molar-refractivity contribution < 1.29 is 0 Å². The normalized spacial score (nSPS) is 41.4. The summed E-state index contributed by atoms with van der Waals surface area (Å²) >= 11 is 0. The predicted molar refractivity (Wildman–Crippen MR) is 66.3 cm³/mol. The van der Waals surface area contributed by atoms with Crippen LogP contribution in [0.15, 0.2) is 36.5 Å². The van der Waals surface area contributed by atoms with Crippen LogP contribution < -0.4 is 0 Å². The summed E-state index contributed by atoms with van der Waals surface area (Å²) in [5.41, 5.74) is 4.16. The van der Waals surface area contributed by atoms with E-state index in [-0.39, 0.29) is 7.92 Å². The lowest BCUT2D eigenvalue weighted by atomic mass is 10.1. The number of hydrogen-bond donors (Lipinski definition) is 0. The Hall–Kier alpha value is -0.350. The first-order valence-electron chi connectivity index (χ1n) is 5.46. The van der Waals surface area contributed by atoms with Crippen LogP contribution in [-0.2, 0) is 0 Å². The average Bonchev–Trinajstić information content (AvgIpc) is 2.14. The van der Waals surface area contributed by atoms with Crippen LogP contribution in [0.25, 0.3) is 0 Å². The molecular formula is C13H19P. The Morgan fingerprint density at radius 2 is 2.36 bits per heavy atom. The van der Waals surface area contributed by atoms with Crippen LogP contribution in [0.5, 0.6) is 0 Å². The van der Waals surface area contributed by atoms with E-state index >= 15 is 0 Å². The van der Waals surface area contributed by atoms with E-state index in [2.05, 4.69) is 44.7 Å². The lowest BCUT2D eigenvalue weighted by Gasteiger charge is -2.46. The highest BCUT2D eigenvalue weighted by Crippen LogP contribution is 2.64. The summed E-state index contributed by atoms with van der Waals surface area (Å²) in [6.07, 6.45) is 11.8. The molecule has 76 valence electrons. The SMILES string of the molecule is C=C[C@H]1C[C@H](C)P1[C@@H]1C=CC=C(C)C1. The molecule has 0 aromatic rings. The second kappa shape index (κ2) is 4.03. The van der Waals surface area contributed by atoms with Crippen LogP contribution >= 0.6 is 7.92 Å². The summed E-state index contributed by atoms with van der Waals surface area (Å²) in [6.45, 7) is 8.62. The zero-order valence-corrected chi connectivity index (χ0v) is 10.0. The van der Waals surface area contributed by atoms with Crippen molar-refractivity contribution in [2.75, 3.05) is 0 Å². The molecule has 1 aliphatic carbocycles. The van der Waals surface area contributed by atoms with Gasteiger partial charge in [0.25, 0.3) is 0 Å². The largest absolute Gasteiger partial charge is 0.102 e. The zero-order valence-electron chi connectivity index (χ0n) is 9.11. The fourth-order valence-electron chi connectivity index (χ4n) is 2.59. The summed E-state index contributed by atoms with van der Waals surface area (Å²) in [5.74, 6) is 0. The van der Waals surface area contributed by atoms with Crippen molar-refractivity contribution in [1.29, 1.82) is 0 Å². The van der Waals surface area contributed by atoms with Gasteiger partial charge in [0, 0.05) is 5.66 Å². The molecule has 2 rings (SSSR count). The monoisotopic (exact) mass is 206 g/mol. The molecule has 1 unspecified atom stereocenters. The quantitative estimate of drug-likeness (QED) is 0.471. The molecule has 14 heavy (non-hydrogen) atoms. The van der Waals surface area contributed by atoms with Gasteiger partial charge in [-0.3, -0.25) is 0 Å². The van der Waals surface area contributed by atoms with Crippen LogP contribution in [0.3, 0.4) is 0 Å². The molecule has 1 fully saturated rings. The van der Waals surface area contributed by atoms with E-state index < -0.39 is 0 Å². The minimum Gasteiger partial charge on any atom is -0.102 e. The second-order valence-corrected chi connectivity index (χ2v) is 7.61. The molecule has 2 aliphatic rings. The topological polar surface area (TPSA) is 0 Å². The van der Waals surface area contributed by atoms with Crippen molar-refractivity contribution in [3.05, 3.63) is 36.5 Å². The van der Waals surface area contributed by atoms with Gasteiger partial charge in [-0.05, 0) is 31.1 Å². The third-order valence-corrected chi connectivity index (χ3v) is 6.91. The van der Waals surface area contributed by atoms with Gasteiger partial charge >= 0.3 is 0 Å². The van der Waals surface area contributed by atoms with E-state index in [0.29, 0.717) is 0 Å². The maximum Gasteiger partial charge on any atom is 0.00184 e. The molecule has 0 spiro atoms. The molecule has 0 N–H and O–H groups in total. The Morgan fingerprint density at radius 3 is 2.93 bits per heavy atom. The summed E-state index contributed by atoms with van der Waals surface area (Å²) in [4.78, 5) is 0. The van der Waals surface area contributed by atoms with Gasteiger partial charge in [-0.25, -0.2) is 0 Å². The van der Waals surface area contributed by atoms with Crippen molar-refractivity contribution in [1.82, 2.24) is 0 Å². The number of allylic oxidation sites excluding steroid dienone is 5. The van der Waals surface area contributed by atoms with E-state index in [1.807, 2.05) is 0 Å². The van der Waals surface area contributed by atoms with E-state index in [1.165, 1.54) is 12.8 Å². The highest BCUT2D eigenvalue weighted by atomic mass is 31.1. The van der Waals surface area contributed by atoms with Crippen molar-refractivity contribution in [2.45, 2.75) is 43.7 Å². The van der Waals surface area contributed by atoms with Crippen LogP contribution in [0.4, 0.5) is 0 Å². The highest BCUT2D eigenvalue weighted by Gasteiger charge is 2.39.